The SMILES string of the molecule is CC(C)N1CCC(CNCc2cc(F)c(O)c(F)c2)C1. The quantitative estimate of drug-likeness (QED) is 0.872. The molecule has 2 N–H and O–H groups in total. The Morgan fingerprint density at radius 3 is 2.55 bits per heavy atom. The number of hydrogen-bond acceptors (Lipinski definition) is 3. The third kappa shape index (κ3) is 3.67. The molecule has 5 heteroatoms. The van der Waals surface area contributed by atoms with Crippen molar-refractivity contribution in [3.8, 4) is 5.75 Å². The number of nitrogens with zero attached hydrogens (tertiary/aromatic N) is 1. The fourth-order valence-corrected chi connectivity index (χ4v) is 2.64. The lowest BCUT2D eigenvalue weighted by molar-refractivity contribution is 0.264. The lowest BCUT2D eigenvalue weighted by Crippen LogP contribution is -2.30. The van der Waals surface area contributed by atoms with Crippen LogP contribution < -0.4 is 5.32 Å². The zero-order valence-electron chi connectivity index (χ0n) is 12.0. The van der Waals surface area contributed by atoms with Gasteiger partial charge in [-0.25, -0.2) is 8.78 Å². The van der Waals surface area contributed by atoms with Crippen LogP contribution in [0, 0.1) is 17.6 Å². The van der Waals surface area contributed by atoms with Crippen molar-refractivity contribution >= 4 is 0 Å². The average Bonchev–Trinajstić information content (AvgIpc) is 2.85. The summed E-state index contributed by atoms with van der Waals surface area (Å²) in [5.74, 6) is -2.14. The summed E-state index contributed by atoms with van der Waals surface area (Å²) >= 11 is 0. The molecule has 1 aromatic rings. The minimum Gasteiger partial charge on any atom is -0.503 e. The second-order valence-corrected chi connectivity index (χ2v) is 5.78. The van der Waals surface area contributed by atoms with Crippen LogP contribution in [-0.4, -0.2) is 35.7 Å². The molecule has 0 saturated carbocycles. The van der Waals surface area contributed by atoms with Gasteiger partial charge in [-0.2, -0.15) is 0 Å². The van der Waals surface area contributed by atoms with Crippen molar-refractivity contribution in [2.75, 3.05) is 19.6 Å². The van der Waals surface area contributed by atoms with Gasteiger partial charge in [-0.15, -0.1) is 0 Å². The number of hydrogen-bond donors (Lipinski definition) is 2. The smallest absolute Gasteiger partial charge is 0.187 e. The summed E-state index contributed by atoms with van der Waals surface area (Å²) in [5, 5.41) is 12.3. The highest BCUT2D eigenvalue weighted by atomic mass is 19.1. The maximum Gasteiger partial charge on any atom is 0.187 e. The van der Waals surface area contributed by atoms with E-state index in [4.69, 9.17) is 5.11 Å². The first-order chi connectivity index (χ1) is 9.47. The molecule has 0 radical (unpaired) electrons. The number of likely N-dealkylation sites (tertiary alicyclic amines) is 1. The predicted molar refractivity (Wildman–Crippen MR) is 74.5 cm³/mol. The zero-order valence-corrected chi connectivity index (χ0v) is 12.0. The van der Waals surface area contributed by atoms with Gasteiger partial charge < -0.3 is 15.3 Å². The lowest BCUT2D eigenvalue weighted by atomic mass is 10.1. The van der Waals surface area contributed by atoms with Gasteiger partial charge in [-0.1, -0.05) is 0 Å². The van der Waals surface area contributed by atoms with Gasteiger partial charge in [0, 0.05) is 19.1 Å². The molecule has 1 aliphatic heterocycles. The first kappa shape index (κ1) is 15.2. The van der Waals surface area contributed by atoms with E-state index in [1.165, 1.54) is 12.1 Å². The van der Waals surface area contributed by atoms with Crippen LogP contribution in [0.25, 0.3) is 0 Å². The van der Waals surface area contributed by atoms with E-state index >= 15 is 0 Å². The number of benzene rings is 1. The Labute approximate surface area is 118 Å². The number of halogens is 2. The van der Waals surface area contributed by atoms with Crippen LogP contribution in [0.15, 0.2) is 12.1 Å². The number of aromatic hydroxyl groups is 1. The van der Waals surface area contributed by atoms with Gasteiger partial charge in [0.25, 0.3) is 0 Å². The third-order valence-electron chi connectivity index (χ3n) is 3.89. The van der Waals surface area contributed by atoms with Crippen LogP contribution in [0.2, 0.25) is 0 Å². The first-order valence-electron chi connectivity index (χ1n) is 7.09. The summed E-state index contributed by atoms with van der Waals surface area (Å²) in [6.45, 7) is 7.82. The highest BCUT2D eigenvalue weighted by molar-refractivity contribution is 5.29. The van der Waals surface area contributed by atoms with Crippen LogP contribution >= 0.6 is 0 Å². The molecule has 0 bridgehead atoms. The largest absolute Gasteiger partial charge is 0.503 e. The molecule has 112 valence electrons. The Kier molecular flexibility index (Phi) is 4.94. The van der Waals surface area contributed by atoms with Crippen LogP contribution in [0.3, 0.4) is 0 Å². The van der Waals surface area contributed by atoms with E-state index in [-0.39, 0.29) is 0 Å². The Morgan fingerprint density at radius 1 is 1.35 bits per heavy atom. The van der Waals surface area contributed by atoms with E-state index in [0.29, 0.717) is 24.1 Å². The minimum atomic E-state index is -0.909. The van der Waals surface area contributed by atoms with Crippen molar-refractivity contribution in [1.29, 1.82) is 0 Å². The molecule has 20 heavy (non-hydrogen) atoms. The fraction of sp³-hybridized carbons (Fsp3) is 0.600. The summed E-state index contributed by atoms with van der Waals surface area (Å²) in [4.78, 5) is 2.44. The molecule has 1 atom stereocenters. The van der Waals surface area contributed by atoms with E-state index in [1.54, 1.807) is 0 Å². The van der Waals surface area contributed by atoms with Gasteiger partial charge in [-0.05, 0) is 57.0 Å². The van der Waals surface area contributed by atoms with E-state index in [1.807, 2.05) is 0 Å². The second kappa shape index (κ2) is 6.50. The van der Waals surface area contributed by atoms with E-state index in [9.17, 15) is 8.78 Å². The second-order valence-electron chi connectivity index (χ2n) is 5.78. The van der Waals surface area contributed by atoms with Gasteiger partial charge in [0.1, 0.15) is 0 Å². The highest BCUT2D eigenvalue weighted by Gasteiger charge is 2.23. The van der Waals surface area contributed by atoms with Gasteiger partial charge >= 0.3 is 0 Å². The molecule has 0 amide bonds. The van der Waals surface area contributed by atoms with Crippen molar-refractivity contribution in [3.05, 3.63) is 29.3 Å². The Bertz CT molecular complexity index is 442. The molecule has 2 rings (SSSR count). The van der Waals surface area contributed by atoms with Crippen molar-refractivity contribution in [3.63, 3.8) is 0 Å². The summed E-state index contributed by atoms with van der Waals surface area (Å²) in [5.41, 5.74) is 0.511. The summed E-state index contributed by atoms with van der Waals surface area (Å²) in [6, 6.07) is 2.90. The molecular weight excluding hydrogens is 262 g/mol. The molecule has 0 aliphatic carbocycles. The molecule has 0 spiro atoms. The Balaban J connectivity index is 1.79. The number of phenolic OH excluding ortho intramolecular Hbond substituents is 1. The van der Waals surface area contributed by atoms with Crippen LogP contribution in [0.1, 0.15) is 25.8 Å². The Hall–Kier alpha value is -1.20. The number of phenols is 1. The van der Waals surface area contributed by atoms with Gasteiger partial charge in [0.2, 0.25) is 0 Å². The summed E-state index contributed by atoms with van der Waals surface area (Å²) < 4.78 is 26.4. The molecule has 1 unspecified atom stereocenters. The molecule has 1 saturated heterocycles. The van der Waals surface area contributed by atoms with Crippen LogP contribution in [0.5, 0.6) is 5.75 Å². The first-order valence-corrected chi connectivity index (χ1v) is 7.09. The third-order valence-corrected chi connectivity index (χ3v) is 3.89. The Morgan fingerprint density at radius 2 is 2.00 bits per heavy atom. The number of nitrogens with one attached hydrogen (secondary N) is 1. The van der Waals surface area contributed by atoms with E-state index in [2.05, 4.69) is 24.1 Å². The standard InChI is InChI=1S/C15H22F2N2O/c1-10(2)19-4-3-11(9-19)7-18-8-12-5-13(16)15(20)14(17)6-12/h5-6,10-11,18,20H,3-4,7-9H2,1-2H3. The molecule has 0 aromatic heterocycles. The van der Waals surface area contributed by atoms with Crippen molar-refractivity contribution in [2.24, 2.45) is 5.92 Å². The predicted octanol–water partition coefficient (Wildman–Crippen LogP) is 2.49. The van der Waals surface area contributed by atoms with Crippen molar-refractivity contribution in [2.45, 2.75) is 32.9 Å². The maximum atomic E-state index is 13.2. The molecule has 1 aliphatic rings. The van der Waals surface area contributed by atoms with Gasteiger partial charge in [-0.3, -0.25) is 0 Å². The van der Waals surface area contributed by atoms with Crippen LogP contribution in [-0.2, 0) is 6.54 Å². The minimum absolute atomic E-state index is 0.409. The van der Waals surface area contributed by atoms with E-state index in [0.717, 1.165) is 26.1 Å². The highest BCUT2D eigenvalue weighted by Crippen LogP contribution is 2.21. The normalized spacial score (nSPS) is 19.9. The summed E-state index contributed by atoms with van der Waals surface area (Å²) in [7, 11) is 0. The molecule has 1 heterocycles. The van der Waals surface area contributed by atoms with Crippen LogP contribution in [0.4, 0.5) is 8.78 Å². The monoisotopic (exact) mass is 284 g/mol. The number of rotatable bonds is 5. The molecule has 1 fully saturated rings. The summed E-state index contributed by atoms with van der Waals surface area (Å²) in [6.07, 6.45) is 1.16. The fourth-order valence-electron chi connectivity index (χ4n) is 2.64. The average molecular weight is 284 g/mol. The maximum absolute atomic E-state index is 13.2. The van der Waals surface area contributed by atoms with Gasteiger partial charge in [0.05, 0.1) is 0 Å². The van der Waals surface area contributed by atoms with Crippen molar-refractivity contribution < 1.29 is 13.9 Å². The molecule has 1 aromatic carbocycles. The molecular formula is C15H22F2N2O. The topological polar surface area (TPSA) is 35.5 Å². The lowest BCUT2D eigenvalue weighted by Gasteiger charge is -2.20. The molecule has 3 nitrogen and oxygen atoms in total. The van der Waals surface area contributed by atoms with Gasteiger partial charge in [0.15, 0.2) is 17.4 Å². The van der Waals surface area contributed by atoms with E-state index < -0.39 is 17.4 Å². The van der Waals surface area contributed by atoms with Crippen molar-refractivity contribution in [1.82, 2.24) is 10.2 Å². The zero-order chi connectivity index (χ0) is 14.7.